The summed E-state index contributed by atoms with van der Waals surface area (Å²) >= 11 is 3.55. The van der Waals surface area contributed by atoms with Gasteiger partial charge < -0.3 is 10.3 Å². The van der Waals surface area contributed by atoms with E-state index in [0.717, 1.165) is 43.3 Å². The van der Waals surface area contributed by atoms with Gasteiger partial charge >= 0.3 is 0 Å². The molecule has 0 aliphatic carbocycles. The first-order valence-electron chi connectivity index (χ1n) is 8.69. The highest BCUT2D eigenvalue weighted by atomic mass is 79.9. The topological polar surface area (TPSA) is 82.5 Å². The number of rotatable bonds is 2. The van der Waals surface area contributed by atoms with Crippen LogP contribution in [0.1, 0.15) is 0 Å². The lowest BCUT2D eigenvalue weighted by atomic mass is 9.99. The molecule has 6 nitrogen and oxygen atoms in total. The first kappa shape index (κ1) is 27.9. The molecule has 0 bridgehead atoms. The maximum atomic E-state index is 6.18. The summed E-state index contributed by atoms with van der Waals surface area (Å²) in [6.45, 7) is 0. The quantitative estimate of drug-likeness (QED) is 0.267. The number of pyridine rings is 1. The van der Waals surface area contributed by atoms with Crippen molar-refractivity contribution in [3.8, 4) is 22.4 Å². The minimum absolute atomic E-state index is 0. The Morgan fingerprint density at radius 2 is 1.66 bits per heavy atom. The average molecular weight is 577 g/mol. The molecule has 5 aromatic rings. The lowest BCUT2D eigenvalue weighted by molar-refractivity contribution is 0.948. The van der Waals surface area contributed by atoms with E-state index in [1.807, 2.05) is 60.4 Å². The van der Waals surface area contributed by atoms with Crippen molar-refractivity contribution in [2.75, 3.05) is 5.73 Å². The Morgan fingerprint density at radius 3 is 2.41 bits per heavy atom. The van der Waals surface area contributed by atoms with Crippen LogP contribution in [0.5, 0.6) is 0 Å². The van der Waals surface area contributed by atoms with Crippen molar-refractivity contribution in [3.05, 3.63) is 65.7 Å². The number of nitrogen functional groups attached to an aromatic ring is 1. The average Bonchev–Trinajstić information content (AvgIpc) is 3.07. The van der Waals surface area contributed by atoms with Crippen molar-refractivity contribution in [1.29, 1.82) is 0 Å². The van der Waals surface area contributed by atoms with E-state index < -0.39 is 0 Å². The summed E-state index contributed by atoms with van der Waals surface area (Å²) in [7, 11) is 1.98. The van der Waals surface area contributed by atoms with E-state index in [1.54, 1.807) is 0 Å². The first-order chi connectivity index (χ1) is 13.6. The lowest BCUT2D eigenvalue weighted by Gasteiger charge is -2.11. The van der Waals surface area contributed by atoms with Crippen LogP contribution in [-0.4, -0.2) is 24.5 Å². The molecular formula is C21H19BrCl4N6. The van der Waals surface area contributed by atoms with E-state index in [0.29, 0.717) is 11.5 Å². The van der Waals surface area contributed by atoms with Gasteiger partial charge in [-0.05, 0) is 41.5 Å². The Hall–Kier alpha value is -2.16. The number of fused-ring (bicyclic) bond motifs is 2. The smallest absolute Gasteiger partial charge is 0.165 e. The van der Waals surface area contributed by atoms with Gasteiger partial charge in [0.25, 0.3) is 0 Å². The SMILES string of the molecule is Cl.Cl.Cl.Cl.Cn1cnc2cc(-c3cc(-c4cccc(Br)c4)c4c(N)ncnc4n3)ccc21. The highest BCUT2D eigenvalue weighted by molar-refractivity contribution is 9.10. The van der Waals surface area contributed by atoms with Crippen molar-refractivity contribution in [1.82, 2.24) is 24.5 Å². The van der Waals surface area contributed by atoms with E-state index in [9.17, 15) is 0 Å². The number of hydrogen-bond acceptors (Lipinski definition) is 5. The summed E-state index contributed by atoms with van der Waals surface area (Å²) in [6.07, 6.45) is 3.25. The van der Waals surface area contributed by atoms with Gasteiger partial charge in [-0.2, -0.15) is 0 Å². The molecule has 0 aliphatic rings. The Bertz CT molecular complexity index is 1380. The highest BCUT2D eigenvalue weighted by Gasteiger charge is 2.14. The Labute approximate surface area is 217 Å². The van der Waals surface area contributed by atoms with Crippen molar-refractivity contribution >= 4 is 93.4 Å². The largest absolute Gasteiger partial charge is 0.383 e. The third-order valence-corrected chi connectivity index (χ3v) is 5.28. The van der Waals surface area contributed by atoms with Gasteiger partial charge in [-0.15, -0.1) is 49.6 Å². The van der Waals surface area contributed by atoms with Crippen molar-refractivity contribution in [3.63, 3.8) is 0 Å². The number of imidazole rings is 1. The number of halogens is 5. The highest BCUT2D eigenvalue weighted by Crippen LogP contribution is 2.35. The Morgan fingerprint density at radius 1 is 0.875 bits per heavy atom. The minimum Gasteiger partial charge on any atom is -0.383 e. The molecule has 11 heteroatoms. The summed E-state index contributed by atoms with van der Waals surface area (Å²) in [5, 5.41) is 0.753. The van der Waals surface area contributed by atoms with Crippen molar-refractivity contribution in [2.45, 2.75) is 0 Å². The number of nitrogens with zero attached hydrogens (tertiary/aromatic N) is 5. The predicted octanol–water partition coefficient (Wildman–Crippen LogP) is 6.28. The fourth-order valence-electron chi connectivity index (χ4n) is 3.41. The number of aryl methyl sites for hydroxylation is 1. The van der Waals surface area contributed by atoms with E-state index >= 15 is 0 Å². The van der Waals surface area contributed by atoms with Gasteiger partial charge in [0.05, 0.1) is 28.4 Å². The second-order valence-corrected chi connectivity index (χ2v) is 7.50. The maximum Gasteiger partial charge on any atom is 0.165 e. The summed E-state index contributed by atoms with van der Waals surface area (Å²) in [5.41, 5.74) is 12.5. The number of hydrogen-bond donors (Lipinski definition) is 1. The first-order valence-corrected chi connectivity index (χ1v) is 9.48. The molecule has 0 radical (unpaired) electrons. The standard InChI is InChI=1S/C21H15BrN6.4ClH/c1-28-11-26-17-8-13(5-6-18(17)28)16-9-15(12-3-2-4-14(22)7-12)19-20(23)24-10-25-21(19)27-16;;;;/h2-11H,1H3,(H2,23,24,25,27);4*1H. The molecule has 32 heavy (non-hydrogen) atoms. The van der Waals surface area contributed by atoms with E-state index in [1.165, 1.54) is 6.33 Å². The number of aromatic nitrogens is 5. The Kier molecular flexibility index (Phi) is 9.68. The molecule has 0 saturated carbocycles. The van der Waals surface area contributed by atoms with Gasteiger partial charge in [-0.25, -0.2) is 19.9 Å². The zero-order valence-electron chi connectivity index (χ0n) is 16.6. The van der Waals surface area contributed by atoms with E-state index in [2.05, 4.69) is 36.9 Å². The fourth-order valence-corrected chi connectivity index (χ4v) is 3.81. The van der Waals surface area contributed by atoms with Crippen LogP contribution < -0.4 is 5.73 Å². The van der Waals surface area contributed by atoms with Gasteiger partial charge in [0.15, 0.2) is 5.65 Å². The molecule has 5 rings (SSSR count). The molecule has 3 heterocycles. The second-order valence-electron chi connectivity index (χ2n) is 6.58. The van der Waals surface area contributed by atoms with Gasteiger partial charge in [-0.1, -0.05) is 34.1 Å². The van der Waals surface area contributed by atoms with Crippen LogP contribution in [0.4, 0.5) is 5.82 Å². The summed E-state index contributed by atoms with van der Waals surface area (Å²) < 4.78 is 2.98. The van der Waals surface area contributed by atoms with E-state index in [-0.39, 0.29) is 49.6 Å². The monoisotopic (exact) mass is 574 g/mol. The van der Waals surface area contributed by atoms with Crippen LogP contribution in [0.3, 0.4) is 0 Å². The zero-order chi connectivity index (χ0) is 19.3. The maximum absolute atomic E-state index is 6.18. The lowest BCUT2D eigenvalue weighted by Crippen LogP contribution is -1.98. The van der Waals surface area contributed by atoms with Gasteiger partial charge in [0, 0.05) is 17.1 Å². The van der Waals surface area contributed by atoms with Crippen LogP contribution in [-0.2, 0) is 7.05 Å². The summed E-state index contributed by atoms with van der Waals surface area (Å²) in [6, 6.07) is 16.2. The van der Waals surface area contributed by atoms with Crippen LogP contribution >= 0.6 is 65.6 Å². The molecule has 0 atom stereocenters. The Balaban J connectivity index is 0.00000128. The third kappa shape index (κ3) is 4.92. The van der Waals surface area contributed by atoms with E-state index in [4.69, 9.17) is 10.7 Å². The molecule has 0 unspecified atom stereocenters. The molecular weight excluding hydrogens is 558 g/mol. The fraction of sp³-hybridized carbons (Fsp3) is 0.0476. The molecule has 0 spiro atoms. The van der Waals surface area contributed by atoms with Crippen LogP contribution in [0.25, 0.3) is 44.5 Å². The zero-order valence-corrected chi connectivity index (χ0v) is 21.4. The number of anilines is 1. The van der Waals surface area contributed by atoms with Gasteiger partial charge in [0.1, 0.15) is 12.1 Å². The van der Waals surface area contributed by atoms with Crippen LogP contribution in [0.2, 0.25) is 0 Å². The third-order valence-electron chi connectivity index (χ3n) is 4.79. The molecule has 168 valence electrons. The van der Waals surface area contributed by atoms with Gasteiger partial charge in [0.2, 0.25) is 0 Å². The van der Waals surface area contributed by atoms with Gasteiger partial charge in [-0.3, -0.25) is 0 Å². The van der Waals surface area contributed by atoms with Crippen molar-refractivity contribution in [2.24, 2.45) is 7.05 Å². The van der Waals surface area contributed by atoms with Crippen LogP contribution in [0, 0.1) is 0 Å². The summed E-state index contributed by atoms with van der Waals surface area (Å²) in [4.78, 5) is 17.7. The molecule has 3 aromatic heterocycles. The minimum atomic E-state index is 0. The molecule has 0 saturated heterocycles. The molecule has 0 aliphatic heterocycles. The van der Waals surface area contributed by atoms with Crippen LogP contribution in [0.15, 0.2) is 65.7 Å². The normalized spacial score (nSPS) is 9.94. The predicted molar refractivity (Wildman–Crippen MR) is 144 cm³/mol. The summed E-state index contributed by atoms with van der Waals surface area (Å²) in [5.74, 6) is 0.416. The molecule has 0 amide bonds. The molecule has 0 fully saturated rings. The number of nitrogens with two attached hydrogens (primary N) is 1. The van der Waals surface area contributed by atoms with Crippen molar-refractivity contribution < 1.29 is 0 Å². The molecule has 2 aromatic carbocycles. The molecule has 2 N–H and O–H groups in total. The number of benzene rings is 2. The second kappa shape index (κ2) is 11.1.